The molecule has 0 fully saturated rings. The summed E-state index contributed by atoms with van der Waals surface area (Å²) in [7, 11) is 0. The van der Waals surface area contributed by atoms with Gasteiger partial charge in [0.2, 0.25) is 0 Å². The van der Waals surface area contributed by atoms with Crippen molar-refractivity contribution in [1.29, 1.82) is 0 Å². The molecule has 0 aliphatic carbocycles. The molecule has 0 aliphatic heterocycles. The summed E-state index contributed by atoms with van der Waals surface area (Å²) in [4.78, 5) is 22.3. The van der Waals surface area contributed by atoms with Crippen LogP contribution in [-0.4, -0.2) is 27.3 Å². The SMILES string of the molecule is Cc1cc2cccc(C(=O)O)c2c(C(=O)O)c1O. The third-order valence-electron chi connectivity index (χ3n) is 2.77. The molecule has 92 valence electrons. The number of rotatable bonds is 2. The summed E-state index contributed by atoms with van der Waals surface area (Å²) in [5.41, 5.74) is -0.120. The number of phenols is 1. The van der Waals surface area contributed by atoms with Crippen LogP contribution < -0.4 is 0 Å². The number of aryl methyl sites for hydroxylation is 1. The molecule has 0 amide bonds. The van der Waals surface area contributed by atoms with Crippen molar-refractivity contribution in [3.63, 3.8) is 0 Å². The lowest BCUT2D eigenvalue weighted by atomic mass is 9.96. The van der Waals surface area contributed by atoms with Gasteiger partial charge in [-0.1, -0.05) is 12.1 Å². The van der Waals surface area contributed by atoms with E-state index in [4.69, 9.17) is 10.2 Å². The average Bonchev–Trinajstić information content (AvgIpc) is 2.29. The number of aromatic carboxylic acids is 2. The van der Waals surface area contributed by atoms with E-state index in [1.807, 2.05) is 0 Å². The van der Waals surface area contributed by atoms with E-state index in [9.17, 15) is 14.7 Å². The molecule has 0 bridgehead atoms. The first-order valence-electron chi connectivity index (χ1n) is 5.15. The van der Waals surface area contributed by atoms with Crippen LogP contribution in [-0.2, 0) is 0 Å². The van der Waals surface area contributed by atoms with E-state index in [0.717, 1.165) is 0 Å². The van der Waals surface area contributed by atoms with Gasteiger partial charge in [0.25, 0.3) is 0 Å². The fourth-order valence-corrected chi connectivity index (χ4v) is 1.97. The van der Waals surface area contributed by atoms with Gasteiger partial charge in [-0.15, -0.1) is 0 Å². The highest BCUT2D eigenvalue weighted by Gasteiger charge is 2.21. The molecule has 0 aromatic heterocycles. The van der Waals surface area contributed by atoms with Crippen molar-refractivity contribution in [1.82, 2.24) is 0 Å². The highest BCUT2D eigenvalue weighted by Crippen LogP contribution is 2.33. The molecule has 2 aromatic rings. The van der Waals surface area contributed by atoms with Crippen molar-refractivity contribution >= 4 is 22.7 Å². The van der Waals surface area contributed by atoms with Crippen LogP contribution in [0.25, 0.3) is 10.8 Å². The molecule has 0 saturated heterocycles. The molecule has 2 rings (SSSR count). The standard InChI is InChI=1S/C13H10O5/c1-6-5-7-3-2-4-8(12(15)16)9(7)10(11(6)14)13(17)18/h2-5,14H,1H3,(H,15,16)(H,17,18). The lowest BCUT2D eigenvalue weighted by Crippen LogP contribution is -2.05. The van der Waals surface area contributed by atoms with Crippen LogP contribution in [0.15, 0.2) is 24.3 Å². The quantitative estimate of drug-likeness (QED) is 0.755. The molecule has 2 aromatic carbocycles. The largest absolute Gasteiger partial charge is 0.507 e. The van der Waals surface area contributed by atoms with Crippen LogP contribution in [0.4, 0.5) is 0 Å². The molecular formula is C13H10O5. The second kappa shape index (κ2) is 4.03. The molecule has 5 nitrogen and oxygen atoms in total. The van der Waals surface area contributed by atoms with Gasteiger partial charge < -0.3 is 15.3 Å². The Morgan fingerprint density at radius 1 is 1.11 bits per heavy atom. The monoisotopic (exact) mass is 246 g/mol. The Labute approximate surface area is 102 Å². The summed E-state index contributed by atoms with van der Waals surface area (Å²) in [6.07, 6.45) is 0. The van der Waals surface area contributed by atoms with Crippen molar-refractivity contribution in [2.45, 2.75) is 6.92 Å². The lowest BCUT2D eigenvalue weighted by Gasteiger charge is -2.10. The molecule has 0 aliphatic rings. The summed E-state index contributed by atoms with van der Waals surface area (Å²) in [5, 5.41) is 28.5. The van der Waals surface area contributed by atoms with Crippen molar-refractivity contribution in [3.05, 3.63) is 41.0 Å². The number of fused-ring (bicyclic) bond motifs is 1. The minimum Gasteiger partial charge on any atom is -0.507 e. The zero-order valence-corrected chi connectivity index (χ0v) is 9.47. The third-order valence-corrected chi connectivity index (χ3v) is 2.77. The van der Waals surface area contributed by atoms with Crippen LogP contribution in [0, 0.1) is 6.92 Å². The van der Waals surface area contributed by atoms with Gasteiger partial charge in [-0.05, 0) is 30.0 Å². The maximum atomic E-state index is 11.2. The van der Waals surface area contributed by atoms with E-state index in [1.165, 1.54) is 12.1 Å². The summed E-state index contributed by atoms with van der Waals surface area (Å²) in [6.45, 7) is 1.56. The number of carboxylic acid groups (broad SMARTS) is 2. The van der Waals surface area contributed by atoms with Crippen LogP contribution in [0.3, 0.4) is 0 Å². The molecular weight excluding hydrogens is 236 g/mol. The van der Waals surface area contributed by atoms with Crippen molar-refractivity contribution < 1.29 is 24.9 Å². The van der Waals surface area contributed by atoms with Crippen LogP contribution in [0.1, 0.15) is 26.3 Å². The molecule has 3 N–H and O–H groups in total. The fourth-order valence-electron chi connectivity index (χ4n) is 1.97. The molecule has 5 heteroatoms. The topological polar surface area (TPSA) is 94.8 Å². The Bertz CT molecular complexity index is 673. The Morgan fingerprint density at radius 3 is 2.33 bits per heavy atom. The van der Waals surface area contributed by atoms with Gasteiger partial charge in [0.15, 0.2) is 0 Å². The maximum absolute atomic E-state index is 11.2. The normalized spacial score (nSPS) is 10.5. The molecule has 0 saturated carbocycles. The van der Waals surface area contributed by atoms with Gasteiger partial charge in [0, 0.05) is 5.39 Å². The number of hydrogen-bond acceptors (Lipinski definition) is 3. The maximum Gasteiger partial charge on any atom is 0.340 e. The number of aromatic hydroxyl groups is 1. The highest BCUT2D eigenvalue weighted by molar-refractivity contribution is 6.14. The number of hydrogen-bond donors (Lipinski definition) is 3. The van der Waals surface area contributed by atoms with E-state index in [-0.39, 0.29) is 16.5 Å². The van der Waals surface area contributed by atoms with Crippen LogP contribution in [0.2, 0.25) is 0 Å². The second-order valence-electron chi connectivity index (χ2n) is 3.93. The van der Waals surface area contributed by atoms with E-state index in [1.54, 1.807) is 19.1 Å². The molecule has 18 heavy (non-hydrogen) atoms. The number of carbonyl (C=O) groups is 2. The zero-order chi connectivity index (χ0) is 13.4. The predicted octanol–water partition coefficient (Wildman–Crippen LogP) is 2.25. The van der Waals surface area contributed by atoms with Crippen molar-refractivity contribution in [2.24, 2.45) is 0 Å². The minimum absolute atomic E-state index is 0.0422. The summed E-state index contributed by atoms with van der Waals surface area (Å²) >= 11 is 0. The first-order chi connectivity index (χ1) is 8.43. The van der Waals surface area contributed by atoms with E-state index in [0.29, 0.717) is 10.9 Å². The molecule has 0 unspecified atom stereocenters. The van der Waals surface area contributed by atoms with Gasteiger partial charge in [0.05, 0.1) is 5.56 Å². The second-order valence-corrected chi connectivity index (χ2v) is 3.93. The van der Waals surface area contributed by atoms with Gasteiger partial charge in [0.1, 0.15) is 11.3 Å². The van der Waals surface area contributed by atoms with E-state index < -0.39 is 17.7 Å². The Balaban J connectivity index is 3.05. The molecule has 0 spiro atoms. The van der Waals surface area contributed by atoms with Crippen molar-refractivity contribution in [2.75, 3.05) is 0 Å². The summed E-state index contributed by atoms with van der Waals surface area (Å²) in [5.74, 6) is -2.98. The zero-order valence-electron chi connectivity index (χ0n) is 9.47. The van der Waals surface area contributed by atoms with Gasteiger partial charge in [-0.25, -0.2) is 9.59 Å². The van der Waals surface area contributed by atoms with Gasteiger partial charge in [-0.2, -0.15) is 0 Å². The summed E-state index contributed by atoms with van der Waals surface area (Å²) in [6, 6.07) is 6.02. The number of carboxylic acids is 2. The van der Waals surface area contributed by atoms with Gasteiger partial charge >= 0.3 is 11.9 Å². The Hall–Kier alpha value is -2.56. The third kappa shape index (κ3) is 1.66. The first kappa shape index (κ1) is 11.9. The average molecular weight is 246 g/mol. The van der Waals surface area contributed by atoms with E-state index in [2.05, 4.69) is 0 Å². The van der Waals surface area contributed by atoms with Crippen molar-refractivity contribution in [3.8, 4) is 5.75 Å². The van der Waals surface area contributed by atoms with E-state index >= 15 is 0 Å². The van der Waals surface area contributed by atoms with Gasteiger partial charge in [-0.3, -0.25) is 0 Å². The smallest absolute Gasteiger partial charge is 0.340 e. The summed E-state index contributed by atoms with van der Waals surface area (Å²) < 4.78 is 0. The molecule has 0 atom stereocenters. The molecule has 0 heterocycles. The predicted molar refractivity (Wildman–Crippen MR) is 64.3 cm³/mol. The molecule has 0 radical (unpaired) electrons. The highest BCUT2D eigenvalue weighted by atomic mass is 16.4. The fraction of sp³-hybridized carbons (Fsp3) is 0.0769. The number of benzene rings is 2. The Kier molecular flexibility index (Phi) is 2.67. The Morgan fingerprint density at radius 2 is 1.78 bits per heavy atom. The first-order valence-corrected chi connectivity index (χ1v) is 5.15. The van der Waals surface area contributed by atoms with Crippen LogP contribution in [0.5, 0.6) is 5.75 Å². The minimum atomic E-state index is -1.35. The lowest BCUT2D eigenvalue weighted by molar-refractivity contribution is 0.0693. The van der Waals surface area contributed by atoms with Crippen LogP contribution >= 0.6 is 0 Å².